The van der Waals surface area contributed by atoms with Crippen LogP contribution in [0.15, 0.2) is 90.1 Å². The van der Waals surface area contributed by atoms with Crippen LogP contribution in [0.3, 0.4) is 0 Å². The maximum absolute atomic E-state index is 12.1. The van der Waals surface area contributed by atoms with Crippen LogP contribution in [0.5, 0.6) is 0 Å². The highest BCUT2D eigenvalue weighted by Crippen LogP contribution is 2.34. The van der Waals surface area contributed by atoms with Gasteiger partial charge in [-0.15, -0.1) is 0 Å². The van der Waals surface area contributed by atoms with E-state index in [0.29, 0.717) is 13.0 Å². The van der Waals surface area contributed by atoms with Crippen LogP contribution in [-0.4, -0.2) is 22.3 Å². The Bertz CT molecular complexity index is 1180. The topological polar surface area (TPSA) is 69.8 Å². The van der Waals surface area contributed by atoms with Crippen LogP contribution in [0, 0.1) is 6.92 Å². The Labute approximate surface area is 175 Å². The second-order valence-corrected chi connectivity index (χ2v) is 7.58. The summed E-state index contributed by atoms with van der Waals surface area (Å²) >= 11 is 0. The summed E-state index contributed by atoms with van der Waals surface area (Å²) in [4.78, 5) is 19.4. The van der Waals surface area contributed by atoms with Crippen molar-refractivity contribution in [2.45, 2.75) is 13.3 Å². The molecule has 3 aromatic rings. The number of aryl methyl sites for hydroxylation is 1. The average Bonchev–Trinajstić information content (AvgIpc) is 3.43. The number of carbonyl (C=O) groups is 1. The molecule has 2 aromatic carbocycles. The summed E-state index contributed by atoms with van der Waals surface area (Å²) in [6.07, 6.45) is 7.77. The first-order valence-electron chi connectivity index (χ1n) is 10.0. The molecular formula is C25H22N4O. The van der Waals surface area contributed by atoms with Gasteiger partial charge < -0.3 is 15.6 Å². The Morgan fingerprint density at radius 3 is 2.60 bits per heavy atom. The van der Waals surface area contributed by atoms with Gasteiger partial charge in [-0.2, -0.15) is 0 Å². The molecule has 1 fully saturated rings. The van der Waals surface area contributed by atoms with Gasteiger partial charge in [0.1, 0.15) is 0 Å². The average molecular weight is 394 g/mol. The number of allylic oxidation sites excluding steroid dienone is 3. The third-order valence-corrected chi connectivity index (χ3v) is 5.47. The number of benzene rings is 2. The number of hydrogen-bond donors (Lipinski definition) is 3. The highest BCUT2D eigenvalue weighted by atomic mass is 16.1. The molecule has 1 aliphatic heterocycles. The van der Waals surface area contributed by atoms with Crippen LogP contribution in [0.25, 0.3) is 17.0 Å². The Morgan fingerprint density at radius 1 is 1.07 bits per heavy atom. The number of anilines is 1. The normalized spacial score (nSPS) is 17.0. The Balaban J connectivity index is 1.55. The fraction of sp³-hybridized carbons (Fsp3) is 0.120. The zero-order valence-electron chi connectivity index (χ0n) is 16.7. The number of H-pyrrole nitrogens is 1. The number of carbonyl (C=O) groups excluding carboxylic acids is 1. The molecule has 30 heavy (non-hydrogen) atoms. The molecule has 5 rings (SSSR count). The maximum atomic E-state index is 12.1. The predicted molar refractivity (Wildman–Crippen MR) is 120 cm³/mol. The fourth-order valence-electron chi connectivity index (χ4n) is 3.86. The molecule has 1 aromatic heterocycles. The van der Waals surface area contributed by atoms with Gasteiger partial charge in [0.15, 0.2) is 5.78 Å². The number of aromatic nitrogens is 2. The van der Waals surface area contributed by atoms with E-state index in [1.165, 1.54) is 5.56 Å². The summed E-state index contributed by atoms with van der Waals surface area (Å²) in [7, 11) is 0. The lowest BCUT2D eigenvalue weighted by molar-refractivity contribution is -0.113. The molecule has 1 aliphatic carbocycles. The van der Waals surface area contributed by atoms with Gasteiger partial charge in [0, 0.05) is 47.3 Å². The van der Waals surface area contributed by atoms with Crippen molar-refractivity contribution in [3.05, 3.63) is 101 Å². The number of hydrogen-bond acceptors (Lipinski definition) is 4. The number of nitrogens with zero attached hydrogens (tertiary/aromatic N) is 1. The number of aromatic amines is 1. The van der Waals surface area contributed by atoms with Crippen molar-refractivity contribution < 1.29 is 4.79 Å². The third kappa shape index (κ3) is 3.46. The molecule has 1 saturated heterocycles. The third-order valence-electron chi connectivity index (χ3n) is 5.47. The van der Waals surface area contributed by atoms with Crippen LogP contribution in [0.4, 0.5) is 5.69 Å². The van der Waals surface area contributed by atoms with Crippen molar-refractivity contribution in [2.24, 2.45) is 0 Å². The number of ketones is 1. The minimum Gasteiger partial charge on any atom is -0.381 e. The number of imidazole rings is 1. The smallest absolute Gasteiger partial charge is 0.160 e. The molecule has 0 atom stereocenters. The molecule has 0 bridgehead atoms. The van der Waals surface area contributed by atoms with Crippen molar-refractivity contribution in [1.82, 2.24) is 15.3 Å². The van der Waals surface area contributed by atoms with Crippen molar-refractivity contribution in [2.75, 3.05) is 11.9 Å². The molecule has 148 valence electrons. The van der Waals surface area contributed by atoms with Gasteiger partial charge in [0.05, 0.1) is 17.7 Å². The second-order valence-electron chi connectivity index (χ2n) is 7.58. The van der Waals surface area contributed by atoms with Crippen LogP contribution < -0.4 is 10.6 Å². The van der Waals surface area contributed by atoms with Gasteiger partial charge in [-0.25, -0.2) is 4.98 Å². The van der Waals surface area contributed by atoms with Crippen molar-refractivity contribution in [1.29, 1.82) is 0 Å². The highest BCUT2D eigenvalue weighted by Gasteiger charge is 2.26. The molecule has 3 N–H and O–H groups in total. The molecule has 0 saturated carbocycles. The van der Waals surface area contributed by atoms with Crippen molar-refractivity contribution in [3.63, 3.8) is 0 Å². The lowest BCUT2D eigenvalue weighted by Gasteiger charge is -2.17. The summed E-state index contributed by atoms with van der Waals surface area (Å²) in [5, 5.41) is 7.04. The number of nitrogens with one attached hydrogen (secondary N) is 3. The Kier molecular flexibility index (Phi) is 4.56. The van der Waals surface area contributed by atoms with Gasteiger partial charge in [0.2, 0.25) is 0 Å². The number of fused-ring (bicyclic) bond motifs is 1. The van der Waals surface area contributed by atoms with E-state index in [4.69, 9.17) is 0 Å². The Morgan fingerprint density at radius 2 is 1.87 bits per heavy atom. The van der Waals surface area contributed by atoms with Crippen LogP contribution >= 0.6 is 0 Å². The van der Waals surface area contributed by atoms with Crippen LogP contribution in [0.2, 0.25) is 0 Å². The molecule has 2 aliphatic rings. The van der Waals surface area contributed by atoms with E-state index in [0.717, 1.165) is 45.0 Å². The largest absolute Gasteiger partial charge is 0.381 e. The van der Waals surface area contributed by atoms with Crippen molar-refractivity contribution in [3.8, 4) is 11.3 Å². The lowest BCUT2D eigenvalue weighted by atomic mass is 9.95. The van der Waals surface area contributed by atoms with Crippen LogP contribution in [0.1, 0.15) is 17.5 Å². The van der Waals surface area contributed by atoms with E-state index in [2.05, 4.69) is 76.1 Å². The predicted octanol–water partition coefficient (Wildman–Crippen LogP) is 4.59. The molecule has 5 heteroatoms. The summed E-state index contributed by atoms with van der Waals surface area (Å²) in [5.74, 6) is 0.140. The maximum Gasteiger partial charge on any atom is 0.160 e. The molecule has 0 unspecified atom stereocenters. The van der Waals surface area contributed by atoms with E-state index in [9.17, 15) is 4.79 Å². The first-order valence-corrected chi connectivity index (χ1v) is 10.0. The zero-order chi connectivity index (χ0) is 20.5. The summed E-state index contributed by atoms with van der Waals surface area (Å²) in [6, 6.07) is 16.7. The summed E-state index contributed by atoms with van der Waals surface area (Å²) < 4.78 is 0. The first kappa shape index (κ1) is 18.2. The molecule has 0 amide bonds. The quantitative estimate of drug-likeness (QED) is 0.605. The van der Waals surface area contributed by atoms with Gasteiger partial charge in [-0.1, -0.05) is 48.0 Å². The second kappa shape index (κ2) is 7.52. The van der Waals surface area contributed by atoms with Gasteiger partial charge in [0.25, 0.3) is 0 Å². The minimum absolute atomic E-state index is 0.140. The Hall–Kier alpha value is -3.86. The van der Waals surface area contributed by atoms with Gasteiger partial charge >= 0.3 is 0 Å². The van der Waals surface area contributed by atoms with Crippen LogP contribution in [-0.2, 0) is 4.79 Å². The van der Waals surface area contributed by atoms with Crippen molar-refractivity contribution >= 4 is 17.2 Å². The van der Waals surface area contributed by atoms with E-state index in [1.807, 2.05) is 12.3 Å². The lowest BCUT2D eigenvalue weighted by Crippen LogP contribution is -2.08. The molecule has 5 nitrogen and oxygen atoms in total. The highest BCUT2D eigenvalue weighted by molar-refractivity contribution is 5.97. The summed E-state index contributed by atoms with van der Waals surface area (Å²) in [6.45, 7) is 2.77. The minimum atomic E-state index is 0.140. The monoisotopic (exact) mass is 394 g/mol. The number of rotatable bonds is 4. The van der Waals surface area contributed by atoms with E-state index in [-0.39, 0.29) is 5.78 Å². The summed E-state index contributed by atoms with van der Waals surface area (Å²) in [5.41, 5.74) is 9.41. The van der Waals surface area contributed by atoms with E-state index >= 15 is 0 Å². The zero-order valence-corrected chi connectivity index (χ0v) is 16.7. The van der Waals surface area contributed by atoms with Gasteiger partial charge in [-0.05, 0) is 30.7 Å². The first-order chi connectivity index (χ1) is 14.7. The van der Waals surface area contributed by atoms with Gasteiger partial charge in [-0.3, -0.25) is 4.79 Å². The van der Waals surface area contributed by atoms with E-state index in [1.54, 1.807) is 12.4 Å². The molecular weight excluding hydrogens is 372 g/mol. The fourth-order valence-corrected chi connectivity index (χ4v) is 3.86. The standard InChI is InChI=1S/C25H22N4O/c1-16-2-4-18(5-3-16)25(22-13-27-23-11-10-20(30)12-21(22)23)29-19-8-6-17(7-9-19)24-14-26-15-28-24/h2-9,11-12,14-15,27,29H,10,13H2,1H3,(H,26,28)/b25-22+. The molecule has 2 heterocycles. The molecule has 0 spiro atoms. The molecule has 0 radical (unpaired) electrons. The SMILES string of the molecule is Cc1ccc(/C(Nc2ccc(-c3c[nH]cn3)cc2)=C2/CNC3=CCC(=O)C=C32)cc1. The van der Waals surface area contributed by atoms with E-state index < -0.39 is 0 Å².